The maximum Gasteiger partial charge on any atom is 0.252 e. The molecule has 1 aliphatic rings. The van der Waals surface area contributed by atoms with Gasteiger partial charge in [0, 0.05) is 27.7 Å². The number of halogens is 1. The highest BCUT2D eigenvalue weighted by Crippen LogP contribution is 2.27. The molecule has 2 amide bonds. The van der Waals surface area contributed by atoms with Crippen LogP contribution in [0.4, 0.5) is 5.69 Å². The van der Waals surface area contributed by atoms with E-state index in [9.17, 15) is 9.59 Å². The number of nitrogens with one attached hydrogen (secondary N) is 2. The first-order valence-corrected chi connectivity index (χ1v) is 10.0. The van der Waals surface area contributed by atoms with Gasteiger partial charge in [-0.3, -0.25) is 14.6 Å². The van der Waals surface area contributed by atoms with Crippen molar-refractivity contribution in [3.8, 4) is 0 Å². The molecule has 0 fully saturated rings. The van der Waals surface area contributed by atoms with Gasteiger partial charge in [-0.2, -0.15) is 0 Å². The highest BCUT2D eigenvalue weighted by molar-refractivity contribution is 9.10. The molecule has 2 N–H and O–H groups in total. The zero-order valence-electron chi connectivity index (χ0n) is 15.7. The van der Waals surface area contributed by atoms with E-state index in [1.165, 1.54) is 0 Å². The van der Waals surface area contributed by atoms with E-state index >= 15 is 0 Å². The minimum atomic E-state index is -0.158. The predicted octanol–water partition coefficient (Wildman–Crippen LogP) is 4.68. The lowest BCUT2D eigenvalue weighted by molar-refractivity contribution is -0.116. The second-order valence-electron chi connectivity index (χ2n) is 7.13. The van der Waals surface area contributed by atoms with E-state index in [1.54, 1.807) is 0 Å². The van der Waals surface area contributed by atoms with E-state index in [-0.39, 0.29) is 17.9 Å². The van der Waals surface area contributed by atoms with Gasteiger partial charge in [0.1, 0.15) is 0 Å². The van der Waals surface area contributed by atoms with Gasteiger partial charge in [0.2, 0.25) is 5.91 Å². The maximum absolute atomic E-state index is 13.0. The lowest BCUT2D eigenvalue weighted by Gasteiger charge is -2.21. The largest absolute Gasteiger partial charge is 0.345 e. The topological polar surface area (TPSA) is 71.1 Å². The zero-order chi connectivity index (χ0) is 19.8. The van der Waals surface area contributed by atoms with E-state index in [0.717, 1.165) is 44.3 Å². The van der Waals surface area contributed by atoms with Crippen LogP contribution in [-0.2, 0) is 11.2 Å². The van der Waals surface area contributed by atoms with Gasteiger partial charge in [0.25, 0.3) is 5.91 Å². The molecule has 3 aromatic rings. The fourth-order valence-electron chi connectivity index (χ4n) is 3.55. The van der Waals surface area contributed by atoms with Crippen LogP contribution in [0.1, 0.15) is 46.6 Å². The molecule has 142 valence electrons. The summed E-state index contributed by atoms with van der Waals surface area (Å²) in [7, 11) is 0. The molecule has 6 heteroatoms. The van der Waals surface area contributed by atoms with Crippen LogP contribution in [0.5, 0.6) is 0 Å². The molecule has 0 radical (unpaired) electrons. The summed E-state index contributed by atoms with van der Waals surface area (Å²) < 4.78 is 0.930. The average Bonchev–Trinajstić information content (AvgIpc) is 2.66. The fourth-order valence-corrected chi connectivity index (χ4v) is 3.90. The number of amides is 2. The first-order chi connectivity index (χ1) is 13.4. The predicted molar refractivity (Wildman–Crippen MR) is 113 cm³/mol. The summed E-state index contributed by atoms with van der Waals surface area (Å²) in [5.41, 5.74) is 5.19. The second-order valence-corrected chi connectivity index (χ2v) is 8.05. The first-order valence-electron chi connectivity index (χ1n) is 9.21. The van der Waals surface area contributed by atoms with Crippen molar-refractivity contribution in [1.29, 1.82) is 0 Å². The minimum absolute atomic E-state index is 0.0492. The molecule has 2 aromatic carbocycles. The van der Waals surface area contributed by atoms with Gasteiger partial charge in [0.15, 0.2) is 0 Å². The number of aromatic nitrogens is 1. The SMILES string of the molecule is Cc1cc(C(=O)NC(C)c2ccc3c(c2)CCC(=O)N3)c2ccc(Br)cc2n1. The Morgan fingerprint density at radius 1 is 1.18 bits per heavy atom. The van der Waals surface area contributed by atoms with Crippen molar-refractivity contribution in [1.82, 2.24) is 10.3 Å². The van der Waals surface area contributed by atoms with E-state index in [0.29, 0.717) is 12.0 Å². The van der Waals surface area contributed by atoms with Crippen molar-refractivity contribution in [2.75, 3.05) is 5.32 Å². The number of hydrogen-bond acceptors (Lipinski definition) is 3. The molecule has 2 heterocycles. The average molecular weight is 438 g/mol. The summed E-state index contributed by atoms with van der Waals surface area (Å²) in [4.78, 5) is 29.1. The summed E-state index contributed by atoms with van der Waals surface area (Å²) in [6.45, 7) is 3.85. The van der Waals surface area contributed by atoms with E-state index in [2.05, 4.69) is 37.6 Å². The van der Waals surface area contributed by atoms with Gasteiger partial charge < -0.3 is 10.6 Å². The summed E-state index contributed by atoms with van der Waals surface area (Å²) in [6.07, 6.45) is 1.22. The molecular formula is C22H20BrN3O2. The number of rotatable bonds is 3. The van der Waals surface area contributed by atoms with E-state index < -0.39 is 0 Å². The number of fused-ring (bicyclic) bond motifs is 2. The molecule has 5 nitrogen and oxygen atoms in total. The van der Waals surface area contributed by atoms with Gasteiger partial charge in [-0.15, -0.1) is 0 Å². The maximum atomic E-state index is 13.0. The minimum Gasteiger partial charge on any atom is -0.345 e. The molecule has 0 aliphatic carbocycles. The van der Waals surface area contributed by atoms with Crippen LogP contribution < -0.4 is 10.6 Å². The third kappa shape index (κ3) is 3.64. The van der Waals surface area contributed by atoms with Crippen LogP contribution in [0.2, 0.25) is 0 Å². The quantitative estimate of drug-likeness (QED) is 0.624. The monoisotopic (exact) mass is 437 g/mol. The lowest BCUT2D eigenvalue weighted by atomic mass is 9.97. The third-order valence-corrected chi connectivity index (χ3v) is 5.51. The molecule has 1 aliphatic heterocycles. The first kappa shape index (κ1) is 18.6. The fraction of sp³-hybridized carbons (Fsp3) is 0.227. The highest BCUT2D eigenvalue weighted by atomic mass is 79.9. The molecule has 1 atom stereocenters. The van der Waals surface area contributed by atoms with E-state index in [4.69, 9.17) is 0 Å². The van der Waals surface area contributed by atoms with E-state index in [1.807, 2.05) is 50.2 Å². The van der Waals surface area contributed by atoms with Gasteiger partial charge in [-0.1, -0.05) is 34.1 Å². The number of anilines is 1. The van der Waals surface area contributed by atoms with Crippen LogP contribution in [0.25, 0.3) is 10.9 Å². The van der Waals surface area contributed by atoms with Crippen LogP contribution >= 0.6 is 15.9 Å². The normalized spacial score (nSPS) is 14.3. The summed E-state index contributed by atoms with van der Waals surface area (Å²) in [5.74, 6) is -0.0791. The highest BCUT2D eigenvalue weighted by Gasteiger charge is 2.19. The lowest BCUT2D eigenvalue weighted by Crippen LogP contribution is -2.27. The van der Waals surface area contributed by atoms with Crippen molar-refractivity contribution >= 4 is 44.3 Å². The Kier molecular flexibility index (Phi) is 4.89. The Morgan fingerprint density at radius 2 is 2.00 bits per heavy atom. The molecule has 0 bridgehead atoms. The second kappa shape index (κ2) is 7.36. The number of hydrogen-bond donors (Lipinski definition) is 2. The Morgan fingerprint density at radius 3 is 2.82 bits per heavy atom. The molecular weight excluding hydrogens is 418 g/mol. The Balaban J connectivity index is 1.60. The Bertz CT molecular complexity index is 1110. The molecule has 1 unspecified atom stereocenters. The van der Waals surface area contributed by atoms with Crippen molar-refractivity contribution in [3.05, 3.63) is 69.3 Å². The smallest absolute Gasteiger partial charge is 0.252 e. The van der Waals surface area contributed by atoms with Crippen molar-refractivity contribution in [2.24, 2.45) is 0 Å². The van der Waals surface area contributed by atoms with Gasteiger partial charge in [-0.05, 0) is 55.7 Å². The number of carbonyl (C=O) groups is 2. The van der Waals surface area contributed by atoms with Crippen molar-refractivity contribution in [3.63, 3.8) is 0 Å². The number of benzene rings is 2. The Hall–Kier alpha value is -2.73. The summed E-state index contributed by atoms with van der Waals surface area (Å²) >= 11 is 3.46. The number of carbonyl (C=O) groups excluding carboxylic acids is 2. The van der Waals surface area contributed by atoms with Gasteiger partial charge >= 0.3 is 0 Å². The summed E-state index contributed by atoms with van der Waals surface area (Å²) in [5, 5.41) is 6.81. The zero-order valence-corrected chi connectivity index (χ0v) is 17.3. The molecule has 0 saturated heterocycles. The Labute approximate surface area is 171 Å². The molecule has 4 rings (SSSR count). The number of nitrogens with zero attached hydrogens (tertiary/aromatic N) is 1. The van der Waals surface area contributed by atoms with Crippen LogP contribution in [-0.4, -0.2) is 16.8 Å². The van der Waals surface area contributed by atoms with Crippen molar-refractivity contribution < 1.29 is 9.59 Å². The molecule has 0 spiro atoms. The summed E-state index contributed by atoms with van der Waals surface area (Å²) in [6, 6.07) is 13.3. The molecule has 28 heavy (non-hydrogen) atoms. The van der Waals surface area contributed by atoms with Gasteiger partial charge in [0.05, 0.1) is 17.1 Å². The number of pyridine rings is 1. The van der Waals surface area contributed by atoms with Crippen LogP contribution in [0, 0.1) is 6.92 Å². The van der Waals surface area contributed by atoms with Crippen LogP contribution in [0.15, 0.2) is 46.9 Å². The standard InChI is InChI=1S/C22H20BrN3O2/c1-12-9-18(17-6-5-16(23)11-20(17)24-12)22(28)25-13(2)14-3-7-19-15(10-14)4-8-21(27)26-19/h3,5-7,9-11,13H,4,8H2,1-2H3,(H,25,28)(H,26,27). The van der Waals surface area contributed by atoms with Crippen LogP contribution in [0.3, 0.4) is 0 Å². The molecule has 1 aromatic heterocycles. The molecule has 0 saturated carbocycles. The van der Waals surface area contributed by atoms with Gasteiger partial charge in [-0.25, -0.2) is 0 Å². The number of aryl methyl sites for hydroxylation is 2. The van der Waals surface area contributed by atoms with Crippen molar-refractivity contribution in [2.45, 2.75) is 32.7 Å². The third-order valence-electron chi connectivity index (χ3n) is 5.02.